The van der Waals surface area contributed by atoms with Gasteiger partial charge in [0.05, 0.1) is 13.2 Å². The Bertz CT molecular complexity index is 1150. The zero-order chi connectivity index (χ0) is 40.0. The van der Waals surface area contributed by atoms with Crippen molar-refractivity contribution in [2.45, 2.75) is 167 Å². The summed E-state index contributed by atoms with van der Waals surface area (Å²) in [5.41, 5.74) is 5.31. The third-order valence-electron chi connectivity index (χ3n) is 8.28. The molecule has 0 saturated carbocycles. The normalized spacial score (nSPS) is 14.4. The largest absolute Gasteiger partial charge is 0.480 e. The number of allylic oxidation sites excluding steroid dienone is 10. The van der Waals surface area contributed by atoms with E-state index in [0.29, 0.717) is 12.8 Å². The zero-order valence-corrected chi connectivity index (χ0v) is 34.2. The van der Waals surface area contributed by atoms with Gasteiger partial charge in [0.15, 0.2) is 6.10 Å². The van der Waals surface area contributed by atoms with E-state index in [1.807, 2.05) is 12.2 Å². The topological polar surface area (TPSA) is 172 Å². The highest BCUT2D eigenvalue weighted by Crippen LogP contribution is 2.43. The van der Waals surface area contributed by atoms with Crippen molar-refractivity contribution >= 4 is 25.7 Å². The van der Waals surface area contributed by atoms with E-state index in [4.69, 9.17) is 24.8 Å². The van der Waals surface area contributed by atoms with E-state index in [1.165, 1.54) is 64.2 Å². The summed E-state index contributed by atoms with van der Waals surface area (Å²) >= 11 is 0. The molecule has 0 aromatic rings. The van der Waals surface area contributed by atoms with Crippen LogP contribution in [0.1, 0.15) is 155 Å². The van der Waals surface area contributed by atoms with Gasteiger partial charge < -0.3 is 25.2 Å². The molecule has 0 fully saturated rings. The lowest BCUT2D eigenvalue weighted by atomic mass is 10.1. The van der Waals surface area contributed by atoms with Crippen molar-refractivity contribution in [3.8, 4) is 0 Å². The van der Waals surface area contributed by atoms with Gasteiger partial charge in [-0.15, -0.1) is 0 Å². The average molecular weight is 782 g/mol. The number of hydrogen-bond donors (Lipinski definition) is 3. The highest BCUT2D eigenvalue weighted by atomic mass is 31.2. The molecule has 12 heteroatoms. The Morgan fingerprint density at radius 2 is 1.02 bits per heavy atom. The molecule has 0 amide bonds. The second kappa shape index (κ2) is 37.1. The molecule has 0 rings (SSSR count). The third kappa shape index (κ3) is 36.2. The molecule has 0 aliphatic carbocycles. The molecule has 0 radical (unpaired) electrons. The highest BCUT2D eigenvalue weighted by molar-refractivity contribution is 7.47. The van der Waals surface area contributed by atoms with Crippen LogP contribution in [0, 0.1) is 0 Å². The van der Waals surface area contributed by atoms with E-state index >= 15 is 0 Å². The molecule has 0 aliphatic rings. The number of ether oxygens (including phenoxy) is 2. The summed E-state index contributed by atoms with van der Waals surface area (Å²) in [5.74, 6) is -2.49. The first-order valence-electron chi connectivity index (χ1n) is 20.3. The van der Waals surface area contributed by atoms with E-state index in [1.54, 1.807) is 0 Å². The lowest BCUT2D eigenvalue weighted by Gasteiger charge is -2.20. The fourth-order valence-electron chi connectivity index (χ4n) is 5.05. The molecule has 11 nitrogen and oxygen atoms in total. The van der Waals surface area contributed by atoms with Gasteiger partial charge in [-0.1, -0.05) is 152 Å². The molecule has 0 heterocycles. The van der Waals surface area contributed by atoms with E-state index in [2.05, 4.69) is 67.0 Å². The number of carbonyl (C=O) groups is 3. The van der Waals surface area contributed by atoms with Crippen LogP contribution in [0.2, 0.25) is 0 Å². The molecule has 54 heavy (non-hydrogen) atoms. The summed E-state index contributed by atoms with van der Waals surface area (Å²) in [7, 11) is -4.73. The fraction of sp³-hybridized carbons (Fsp3) is 0.690. The Morgan fingerprint density at radius 3 is 1.54 bits per heavy atom. The van der Waals surface area contributed by atoms with E-state index in [9.17, 15) is 23.8 Å². The number of carboxylic acids is 1. The van der Waals surface area contributed by atoms with Crippen LogP contribution in [0.3, 0.4) is 0 Å². The Hall–Kier alpha value is -2.82. The number of phosphoric ester groups is 1. The fourth-order valence-corrected chi connectivity index (χ4v) is 5.82. The zero-order valence-electron chi connectivity index (χ0n) is 33.3. The molecular formula is C42H72NO10P. The van der Waals surface area contributed by atoms with Crippen LogP contribution in [0.25, 0.3) is 0 Å². The third-order valence-corrected chi connectivity index (χ3v) is 9.23. The SMILES string of the molecule is CCCCC/C=C\C/C=C\C/C=C\C/C=C\C/C=C\CCC(=O)O[C@H](COC(=O)CCCCCCCCCCCCC)COP(=O)(O)OC[C@H](N)C(=O)O. The van der Waals surface area contributed by atoms with Gasteiger partial charge in [0, 0.05) is 12.8 Å². The number of aliphatic carboxylic acids is 1. The summed E-state index contributed by atoms with van der Waals surface area (Å²) in [4.78, 5) is 45.8. The maximum absolute atomic E-state index is 12.6. The smallest absolute Gasteiger partial charge is 0.472 e. The monoisotopic (exact) mass is 781 g/mol. The summed E-state index contributed by atoms with van der Waals surface area (Å²) < 4.78 is 32.5. The van der Waals surface area contributed by atoms with Crippen molar-refractivity contribution in [1.82, 2.24) is 0 Å². The van der Waals surface area contributed by atoms with Crippen LogP contribution in [0.5, 0.6) is 0 Å². The number of nitrogens with two attached hydrogens (primary N) is 1. The van der Waals surface area contributed by atoms with Crippen LogP contribution in [0.4, 0.5) is 0 Å². The van der Waals surface area contributed by atoms with Crippen LogP contribution in [-0.2, 0) is 37.5 Å². The molecule has 4 N–H and O–H groups in total. The van der Waals surface area contributed by atoms with Gasteiger partial charge in [-0.3, -0.25) is 23.4 Å². The Balaban J connectivity index is 4.54. The molecule has 0 aromatic heterocycles. The number of phosphoric acid groups is 1. The second-order valence-electron chi connectivity index (χ2n) is 13.4. The van der Waals surface area contributed by atoms with Crippen LogP contribution in [-0.4, -0.2) is 59.9 Å². The molecule has 3 atom stereocenters. The number of unbranched alkanes of at least 4 members (excludes halogenated alkanes) is 13. The molecule has 0 spiro atoms. The van der Waals surface area contributed by atoms with Crippen LogP contribution < -0.4 is 5.73 Å². The predicted molar refractivity (Wildman–Crippen MR) is 217 cm³/mol. The van der Waals surface area contributed by atoms with Crippen LogP contribution >= 0.6 is 7.82 Å². The summed E-state index contributed by atoms with van der Waals surface area (Å²) in [5, 5.41) is 8.86. The summed E-state index contributed by atoms with van der Waals surface area (Å²) in [6, 6.07) is -1.53. The quantitative estimate of drug-likeness (QED) is 0.0237. The number of carbonyl (C=O) groups excluding carboxylic acids is 2. The van der Waals surface area contributed by atoms with Crippen molar-refractivity contribution in [1.29, 1.82) is 0 Å². The number of hydrogen-bond acceptors (Lipinski definition) is 9. The molecule has 1 unspecified atom stereocenters. The first-order chi connectivity index (χ1) is 26.1. The average Bonchev–Trinajstić information content (AvgIpc) is 3.14. The lowest BCUT2D eigenvalue weighted by Crippen LogP contribution is -2.34. The molecule has 0 aromatic carbocycles. The number of rotatable bonds is 37. The van der Waals surface area contributed by atoms with Crippen molar-refractivity contribution in [2.24, 2.45) is 5.73 Å². The van der Waals surface area contributed by atoms with Gasteiger partial charge in [0.2, 0.25) is 0 Å². The number of esters is 2. The van der Waals surface area contributed by atoms with Gasteiger partial charge in [-0.25, -0.2) is 4.57 Å². The lowest BCUT2D eigenvalue weighted by molar-refractivity contribution is -0.161. The van der Waals surface area contributed by atoms with Crippen molar-refractivity contribution < 1.29 is 47.5 Å². The van der Waals surface area contributed by atoms with Crippen molar-refractivity contribution in [3.63, 3.8) is 0 Å². The molecule has 0 saturated heterocycles. The molecule has 310 valence electrons. The second-order valence-corrected chi connectivity index (χ2v) is 14.9. The Kier molecular flexibility index (Phi) is 35.2. The first kappa shape index (κ1) is 51.2. The highest BCUT2D eigenvalue weighted by Gasteiger charge is 2.28. The van der Waals surface area contributed by atoms with E-state index < -0.39 is 51.1 Å². The van der Waals surface area contributed by atoms with Crippen LogP contribution in [0.15, 0.2) is 60.8 Å². The Labute approximate surface area is 326 Å². The van der Waals surface area contributed by atoms with Gasteiger partial charge >= 0.3 is 25.7 Å². The number of carboxylic acid groups (broad SMARTS) is 1. The maximum atomic E-state index is 12.6. The Morgan fingerprint density at radius 1 is 0.574 bits per heavy atom. The first-order valence-corrected chi connectivity index (χ1v) is 21.8. The van der Waals surface area contributed by atoms with E-state index in [-0.39, 0.29) is 19.4 Å². The van der Waals surface area contributed by atoms with Gasteiger partial charge in [-0.2, -0.15) is 0 Å². The molecule has 0 aliphatic heterocycles. The molecular weight excluding hydrogens is 709 g/mol. The van der Waals surface area contributed by atoms with Crippen molar-refractivity contribution in [3.05, 3.63) is 60.8 Å². The minimum Gasteiger partial charge on any atom is -0.480 e. The summed E-state index contributed by atoms with van der Waals surface area (Å²) in [6.45, 7) is 2.67. The molecule has 0 bridgehead atoms. The van der Waals surface area contributed by atoms with Crippen molar-refractivity contribution in [2.75, 3.05) is 19.8 Å². The maximum Gasteiger partial charge on any atom is 0.472 e. The van der Waals surface area contributed by atoms with Gasteiger partial charge in [0.25, 0.3) is 0 Å². The minimum atomic E-state index is -4.73. The predicted octanol–water partition coefficient (Wildman–Crippen LogP) is 10.4. The van der Waals surface area contributed by atoms with Gasteiger partial charge in [0.1, 0.15) is 12.6 Å². The summed E-state index contributed by atoms with van der Waals surface area (Å²) in [6.07, 6.45) is 41.6. The van der Waals surface area contributed by atoms with E-state index in [0.717, 1.165) is 51.4 Å². The standard InChI is InChI=1S/C42H72NO10P/c1-3-5-7-9-11-13-15-16-17-18-19-20-21-22-24-26-28-30-32-34-41(45)53-38(36-51-54(48,49)52-37-39(43)42(46)47)35-50-40(44)33-31-29-27-25-23-14-12-10-8-6-4-2/h11,13,16-17,19-20,22,24,28,30,38-39H,3-10,12,14-15,18,21,23,25-27,29,31-37,43H2,1-2H3,(H,46,47)(H,48,49)/b13-11-,17-16-,20-19-,24-22-,30-28-/t38-,39+/m1/s1. The van der Waals surface area contributed by atoms with Gasteiger partial charge in [-0.05, 0) is 51.4 Å². The minimum absolute atomic E-state index is 0.0368.